The maximum absolute atomic E-state index is 13.9. The van der Waals surface area contributed by atoms with Crippen molar-refractivity contribution in [2.24, 2.45) is 5.92 Å². The van der Waals surface area contributed by atoms with Crippen molar-refractivity contribution in [3.63, 3.8) is 0 Å². The molecule has 0 amide bonds. The van der Waals surface area contributed by atoms with Crippen molar-refractivity contribution in [1.29, 1.82) is 0 Å². The van der Waals surface area contributed by atoms with Gasteiger partial charge in [-0.1, -0.05) is 62.2 Å². The molecule has 1 fully saturated rings. The highest BCUT2D eigenvalue weighted by molar-refractivity contribution is 5.87. The summed E-state index contributed by atoms with van der Waals surface area (Å²) in [5.41, 5.74) is 3.58. The van der Waals surface area contributed by atoms with Gasteiger partial charge in [0.2, 0.25) is 0 Å². The van der Waals surface area contributed by atoms with Gasteiger partial charge in [-0.2, -0.15) is 0 Å². The van der Waals surface area contributed by atoms with E-state index in [2.05, 4.69) is 31.2 Å². The van der Waals surface area contributed by atoms with E-state index in [0.717, 1.165) is 22.4 Å². The van der Waals surface area contributed by atoms with Crippen molar-refractivity contribution < 1.29 is 8.78 Å². The molecular weight excluding hydrogens is 338 g/mol. The lowest BCUT2D eigenvalue weighted by Crippen LogP contribution is -2.13. The van der Waals surface area contributed by atoms with E-state index in [-0.39, 0.29) is 0 Å². The molecule has 0 heterocycles. The molecule has 0 spiro atoms. The van der Waals surface area contributed by atoms with Crippen LogP contribution in [0, 0.1) is 17.6 Å². The number of halogens is 2. The second-order valence-electron chi connectivity index (χ2n) is 7.93. The first kappa shape index (κ1) is 18.2. The predicted octanol–water partition coefficient (Wildman–Crippen LogP) is 7.86. The molecule has 3 aromatic rings. The van der Waals surface area contributed by atoms with Crippen molar-refractivity contribution in [1.82, 2.24) is 0 Å². The van der Waals surface area contributed by atoms with Gasteiger partial charge < -0.3 is 0 Å². The molecule has 0 aromatic heterocycles. The van der Waals surface area contributed by atoms with Gasteiger partial charge in [-0.3, -0.25) is 0 Å². The minimum absolute atomic E-state index is 0.333. The number of fused-ring (bicyclic) bond motifs is 1. The molecule has 140 valence electrons. The third-order valence-corrected chi connectivity index (χ3v) is 6.17. The minimum atomic E-state index is -0.798. The van der Waals surface area contributed by atoms with Crippen molar-refractivity contribution in [2.75, 3.05) is 0 Å². The van der Waals surface area contributed by atoms with Crippen LogP contribution in [-0.2, 0) is 0 Å². The molecule has 0 radical (unpaired) electrons. The van der Waals surface area contributed by atoms with Gasteiger partial charge in [-0.15, -0.1) is 0 Å². The molecule has 0 atom stereocenters. The van der Waals surface area contributed by atoms with Gasteiger partial charge in [-0.05, 0) is 71.7 Å². The Hall–Kier alpha value is -2.22. The molecule has 0 N–H and O–H groups in total. The first-order valence-corrected chi connectivity index (χ1v) is 10.1. The van der Waals surface area contributed by atoms with Gasteiger partial charge in [0.05, 0.1) is 0 Å². The third kappa shape index (κ3) is 3.76. The lowest BCUT2D eigenvalue weighted by atomic mass is 9.77. The van der Waals surface area contributed by atoms with E-state index in [1.807, 2.05) is 12.1 Å². The van der Waals surface area contributed by atoms with Crippen molar-refractivity contribution >= 4 is 10.8 Å². The molecule has 2 heteroatoms. The maximum atomic E-state index is 13.9. The largest absolute Gasteiger partial charge is 0.204 e. The predicted molar refractivity (Wildman–Crippen MR) is 109 cm³/mol. The zero-order valence-corrected chi connectivity index (χ0v) is 15.8. The van der Waals surface area contributed by atoms with Crippen LogP contribution in [0.15, 0.2) is 54.6 Å². The molecule has 1 aliphatic carbocycles. The van der Waals surface area contributed by atoms with Crippen LogP contribution in [-0.4, -0.2) is 0 Å². The second kappa shape index (κ2) is 7.80. The molecule has 0 nitrogen and oxygen atoms in total. The van der Waals surface area contributed by atoms with Crippen LogP contribution in [0.1, 0.15) is 56.9 Å². The summed E-state index contributed by atoms with van der Waals surface area (Å²) < 4.78 is 27.3. The monoisotopic (exact) mass is 364 g/mol. The lowest BCUT2D eigenvalue weighted by molar-refractivity contribution is 0.308. The Bertz CT molecular complexity index is 919. The Morgan fingerprint density at radius 3 is 2.22 bits per heavy atom. The molecule has 0 bridgehead atoms. The lowest BCUT2D eigenvalue weighted by Gasteiger charge is -2.28. The molecule has 1 saturated carbocycles. The zero-order chi connectivity index (χ0) is 18.8. The SMILES string of the molecule is CCC[C@H]1CC[C@H](c2ccc(-c3ccc4c(F)c(F)ccc4c3)cc2)CC1. The van der Waals surface area contributed by atoms with Crippen LogP contribution in [0.3, 0.4) is 0 Å². The minimum Gasteiger partial charge on any atom is -0.204 e. The second-order valence-corrected chi connectivity index (χ2v) is 7.93. The van der Waals surface area contributed by atoms with Gasteiger partial charge in [0.15, 0.2) is 11.6 Å². The fraction of sp³-hybridized carbons (Fsp3) is 0.360. The standard InChI is InChI=1S/C25H26F2/c1-2-3-17-4-6-18(7-5-17)19-8-10-20(11-9-19)21-12-14-23-22(16-21)13-15-24(26)25(23)27/h8-18H,2-7H2,1H3/t17-,18-. The highest BCUT2D eigenvalue weighted by Gasteiger charge is 2.21. The molecular formula is C25H26F2. The molecule has 27 heavy (non-hydrogen) atoms. The number of hydrogen-bond acceptors (Lipinski definition) is 0. The molecule has 3 aromatic carbocycles. The molecule has 0 unspecified atom stereocenters. The van der Waals surface area contributed by atoms with Crippen molar-refractivity contribution in [3.05, 3.63) is 71.8 Å². The zero-order valence-electron chi connectivity index (χ0n) is 15.8. The quantitative estimate of drug-likeness (QED) is 0.442. The Kier molecular flexibility index (Phi) is 5.24. The van der Waals surface area contributed by atoms with E-state index >= 15 is 0 Å². The van der Waals surface area contributed by atoms with Crippen LogP contribution < -0.4 is 0 Å². The summed E-state index contributed by atoms with van der Waals surface area (Å²) in [6.45, 7) is 2.28. The van der Waals surface area contributed by atoms with Crippen LogP contribution in [0.2, 0.25) is 0 Å². The third-order valence-electron chi connectivity index (χ3n) is 6.17. The van der Waals surface area contributed by atoms with Gasteiger partial charge >= 0.3 is 0 Å². The number of benzene rings is 3. The van der Waals surface area contributed by atoms with Gasteiger partial charge in [-0.25, -0.2) is 8.78 Å². The van der Waals surface area contributed by atoms with Crippen molar-refractivity contribution in [3.8, 4) is 11.1 Å². The summed E-state index contributed by atoms with van der Waals surface area (Å²) >= 11 is 0. The average molecular weight is 364 g/mol. The highest BCUT2D eigenvalue weighted by Crippen LogP contribution is 2.38. The van der Waals surface area contributed by atoms with E-state index in [4.69, 9.17) is 0 Å². The number of hydrogen-bond donors (Lipinski definition) is 0. The van der Waals surface area contributed by atoms with Gasteiger partial charge in [0.1, 0.15) is 0 Å². The Morgan fingerprint density at radius 2 is 1.52 bits per heavy atom. The molecule has 0 aliphatic heterocycles. The van der Waals surface area contributed by atoms with E-state index < -0.39 is 11.6 Å². The summed E-state index contributed by atoms with van der Waals surface area (Å²) in [6.07, 6.45) is 7.97. The van der Waals surface area contributed by atoms with Gasteiger partial charge in [0, 0.05) is 5.39 Å². The Labute approximate surface area is 160 Å². The summed E-state index contributed by atoms with van der Waals surface area (Å²) in [5, 5.41) is 1.06. The molecule has 4 rings (SSSR count). The summed E-state index contributed by atoms with van der Waals surface area (Å²) in [5.74, 6) is 0.0375. The topological polar surface area (TPSA) is 0 Å². The smallest absolute Gasteiger partial charge is 0.166 e. The van der Waals surface area contributed by atoms with Gasteiger partial charge in [0.25, 0.3) is 0 Å². The normalized spacial score (nSPS) is 20.1. The van der Waals surface area contributed by atoms with E-state index in [1.165, 1.54) is 50.2 Å². The first-order chi connectivity index (χ1) is 13.2. The van der Waals surface area contributed by atoms with Crippen LogP contribution in [0.5, 0.6) is 0 Å². The summed E-state index contributed by atoms with van der Waals surface area (Å²) in [7, 11) is 0. The van der Waals surface area contributed by atoms with Crippen LogP contribution >= 0.6 is 0 Å². The average Bonchev–Trinajstić information content (AvgIpc) is 2.72. The van der Waals surface area contributed by atoms with Crippen LogP contribution in [0.25, 0.3) is 21.9 Å². The molecule has 0 saturated heterocycles. The Morgan fingerprint density at radius 1 is 0.815 bits per heavy atom. The van der Waals surface area contributed by atoms with E-state index in [0.29, 0.717) is 11.3 Å². The maximum Gasteiger partial charge on any atom is 0.166 e. The molecule has 1 aliphatic rings. The van der Waals surface area contributed by atoms with Crippen molar-refractivity contribution in [2.45, 2.75) is 51.4 Å². The van der Waals surface area contributed by atoms with E-state index in [1.54, 1.807) is 12.1 Å². The fourth-order valence-electron chi connectivity index (χ4n) is 4.59. The fourth-order valence-corrected chi connectivity index (χ4v) is 4.59. The highest BCUT2D eigenvalue weighted by atomic mass is 19.2. The summed E-state index contributed by atoms with van der Waals surface area (Å²) in [6, 6.07) is 17.1. The summed E-state index contributed by atoms with van der Waals surface area (Å²) in [4.78, 5) is 0. The first-order valence-electron chi connectivity index (χ1n) is 10.1. The Balaban J connectivity index is 1.52. The van der Waals surface area contributed by atoms with E-state index in [9.17, 15) is 8.78 Å². The van der Waals surface area contributed by atoms with Crippen LogP contribution in [0.4, 0.5) is 8.78 Å². The number of rotatable bonds is 4.